The number of rotatable bonds is 8. The maximum absolute atomic E-state index is 11.9. The number of para-hydroxylation sites is 1. The fraction of sp³-hybridized carbons (Fsp3) is 0.158. The zero-order valence-corrected chi connectivity index (χ0v) is 15.1. The van der Waals surface area contributed by atoms with Crippen molar-refractivity contribution in [3.05, 3.63) is 60.2 Å². The van der Waals surface area contributed by atoms with Crippen LogP contribution < -0.4 is 5.32 Å². The second-order valence-corrected chi connectivity index (χ2v) is 6.58. The van der Waals surface area contributed by atoms with Gasteiger partial charge in [0.1, 0.15) is 5.75 Å². The standard InChI is InChI=1S/C19H17N3O4S/c23-14(11-20-17(25)10-13-6-2-1-3-7-13)12-27-19-22-21-18(26-19)15-8-4-5-9-16(15)24/h1-9,24H,10-12H2,(H,20,25). The molecule has 2 aromatic carbocycles. The van der Waals surface area contributed by atoms with Gasteiger partial charge in [-0.15, -0.1) is 10.2 Å². The number of hydrogen-bond donors (Lipinski definition) is 2. The Kier molecular flexibility index (Phi) is 6.22. The number of carbonyl (C=O) groups is 2. The first-order valence-corrected chi connectivity index (χ1v) is 9.17. The molecule has 1 heterocycles. The van der Waals surface area contributed by atoms with Crippen molar-refractivity contribution in [2.45, 2.75) is 11.6 Å². The predicted octanol–water partition coefficient (Wildman–Crippen LogP) is 2.46. The monoisotopic (exact) mass is 383 g/mol. The highest BCUT2D eigenvalue weighted by Gasteiger charge is 2.14. The minimum Gasteiger partial charge on any atom is -0.507 e. The van der Waals surface area contributed by atoms with Crippen LogP contribution in [0.5, 0.6) is 5.75 Å². The molecule has 0 saturated heterocycles. The third-order valence-electron chi connectivity index (χ3n) is 3.59. The van der Waals surface area contributed by atoms with Crippen molar-refractivity contribution in [3.63, 3.8) is 0 Å². The van der Waals surface area contributed by atoms with Gasteiger partial charge in [-0.25, -0.2) is 0 Å². The van der Waals surface area contributed by atoms with Crippen LogP contribution in [0.25, 0.3) is 11.5 Å². The van der Waals surface area contributed by atoms with Crippen LogP contribution in [0.15, 0.2) is 64.2 Å². The van der Waals surface area contributed by atoms with Crippen LogP contribution in [0.1, 0.15) is 5.56 Å². The van der Waals surface area contributed by atoms with Crippen molar-refractivity contribution < 1.29 is 19.1 Å². The molecular weight excluding hydrogens is 366 g/mol. The van der Waals surface area contributed by atoms with Gasteiger partial charge in [0.2, 0.25) is 5.91 Å². The Bertz CT molecular complexity index is 927. The number of aromatic hydroxyl groups is 1. The molecule has 0 radical (unpaired) electrons. The van der Waals surface area contributed by atoms with Crippen LogP contribution in [0.4, 0.5) is 0 Å². The lowest BCUT2D eigenvalue weighted by Crippen LogP contribution is -2.31. The van der Waals surface area contributed by atoms with Crippen molar-refractivity contribution in [2.75, 3.05) is 12.3 Å². The second kappa shape index (κ2) is 9.00. The fourth-order valence-electron chi connectivity index (χ4n) is 2.27. The smallest absolute Gasteiger partial charge is 0.277 e. The lowest BCUT2D eigenvalue weighted by Gasteiger charge is -2.04. The molecule has 0 aliphatic carbocycles. The fourth-order valence-corrected chi connectivity index (χ4v) is 2.89. The maximum Gasteiger partial charge on any atom is 0.277 e. The van der Waals surface area contributed by atoms with E-state index in [1.807, 2.05) is 30.3 Å². The number of nitrogens with one attached hydrogen (secondary N) is 1. The highest BCUT2D eigenvalue weighted by molar-refractivity contribution is 7.99. The molecule has 0 aliphatic rings. The molecule has 1 aromatic heterocycles. The van der Waals surface area contributed by atoms with Crippen LogP contribution in [0.3, 0.4) is 0 Å². The van der Waals surface area contributed by atoms with Crippen molar-refractivity contribution in [1.82, 2.24) is 15.5 Å². The number of nitrogens with zero attached hydrogens (tertiary/aromatic N) is 2. The lowest BCUT2D eigenvalue weighted by atomic mass is 10.1. The number of amides is 1. The number of benzene rings is 2. The maximum atomic E-state index is 11.9. The van der Waals surface area contributed by atoms with Crippen LogP contribution in [-0.2, 0) is 16.0 Å². The summed E-state index contributed by atoms with van der Waals surface area (Å²) >= 11 is 1.08. The minimum atomic E-state index is -0.209. The van der Waals surface area contributed by atoms with Gasteiger partial charge in [-0.2, -0.15) is 0 Å². The Morgan fingerprint density at radius 2 is 1.78 bits per heavy atom. The molecule has 8 heteroatoms. The molecule has 0 spiro atoms. The van der Waals surface area contributed by atoms with Gasteiger partial charge in [0.15, 0.2) is 5.78 Å². The molecule has 3 rings (SSSR count). The number of ketones is 1. The summed E-state index contributed by atoms with van der Waals surface area (Å²) < 4.78 is 5.45. The van der Waals surface area contributed by atoms with E-state index < -0.39 is 0 Å². The average molecular weight is 383 g/mol. The Hall–Kier alpha value is -3.13. The van der Waals surface area contributed by atoms with Crippen molar-refractivity contribution in [1.29, 1.82) is 0 Å². The van der Waals surface area contributed by atoms with E-state index in [4.69, 9.17) is 4.42 Å². The molecule has 0 saturated carbocycles. The molecule has 0 bridgehead atoms. The largest absolute Gasteiger partial charge is 0.507 e. The topological polar surface area (TPSA) is 105 Å². The van der Waals surface area contributed by atoms with Gasteiger partial charge in [-0.1, -0.05) is 54.2 Å². The summed E-state index contributed by atoms with van der Waals surface area (Å²) in [5, 5.41) is 20.3. The third kappa shape index (κ3) is 5.42. The average Bonchev–Trinajstić information content (AvgIpc) is 3.15. The first-order chi connectivity index (χ1) is 13.1. The molecule has 0 unspecified atom stereocenters. The van der Waals surface area contributed by atoms with E-state index in [2.05, 4.69) is 15.5 Å². The van der Waals surface area contributed by atoms with Crippen LogP contribution in [0, 0.1) is 0 Å². The van der Waals surface area contributed by atoms with Gasteiger partial charge in [0, 0.05) is 0 Å². The molecule has 0 fully saturated rings. The Labute approximate surface area is 159 Å². The van der Waals surface area contributed by atoms with Crippen LogP contribution in [-0.4, -0.2) is 39.3 Å². The second-order valence-electron chi connectivity index (χ2n) is 5.66. The zero-order chi connectivity index (χ0) is 19.1. The molecular formula is C19H17N3O4S. The molecule has 3 aromatic rings. The summed E-state index contributed by atoms with van der Waals surface area (Å²) in [4.78, 5) is 23.8. The quantitative estimate of drug-likeness (QED) is 0.576. The lowest BCUT2D eigenvalue weighted by molar-refractivity contribution is -0.123. The third-order valence-corrected chi connectivity index (χ3v) is 4.47. The van der Waals surface area contributed by atoms with Gasteiger partial charge in [-0.3, -0.25) is 9.59 Å². The minimum absolute atomic E-state index is 0.0369. The Morgan fingerprint density at radius 1 is 1.04 bits per heavy atom. The molecule has 2 N–H and O–H groups in total. The highest BCUT2D eigenvalue weighted by Crippen LogP contribution is 2.29. The van der Waals surface area contributed by atoms with Crippen molar-refractivity contribution >= 4 is 23.5 Å². The number of phenolic OH excluding ortho intramolecular Hbond substituents is 1. The van der Waals surface area contributed by atoms with Crippen molar-refractivity contribution in [2.24, 2.45) is 0 Å². The normalized spacial score (nSPS) is 10.5. The summed E-state index contributed by atoms with van der Waals surface area (Å²) in [6, 6.07) is 15.9. The zero-order valence-electron chi connectivity index (χ0n) is 14.3. The summed E-state index contributed by atoms with van der Waals surface area (Å²) in [7, 11) is 0. The molecule has 7 nitrogen and oxygen atoms in total. The molecule has 138 valence electrons. The van der Waals surface area contributed by atoms with Gasteiger partial charge >= 0.3 is 0 Å². The highest BCUT2D eigenvalue weighted by atomic mass is 32.2. The van der Waals surface area contributed by atoms with E-state index >= 15 is 0 Å². The number of aromatic nitrogens is 2. The Balaban J connectivity index is 1.44. The van der Waals surface area contributed by atoms with E-state index in [1.54, 1.807) is 18.2 Å². The summed E-state index contributed by atoms with van der Waals surface area (Å²) in [6.07, 6.45) is 0.231. The van der Waals surface area contributed by atoms with Gasteiger partial charge in [-0.05, 0) is 17.7 Å². The number of thioether (sulfide) groups is 1. The van der Waals surface area contributed by atoms with Crippen molar-refractivity contribution in [3.8, 4) is 17.2 Å². The van der Waals surface area contributed by atoms with E-state index in [9.17, 15) is 14.7 Å². The van der Waals surface area contributed by atoms with Gasteiger partial charge in [0.25, 0.3) is 11.1 Å². The first-order valence-electron chi connectivity index (χ1n) is 8.19. The van der Waals surface area contributed by atoms with E-state index in [-0.39, 0.29) is 47.3 Å². The number of carbonyl (C=O) groups excluding carboxylic acids is 2. The van der Waals surface area contributed by atoms with E-state index in [1.165, 1.54) is 6.07 Å². The van der Waals surface area contributed by atoms with Crippen LogP contribution >= 0.6 is 11.8 Å². The first kappa shape index (κ1) is 18.7. The molecule has 0 aliphatic heterocycles. The molecule has 27 heavy (non-hydrogen) atoms. The molecule has 0 atom stereocenters. The predicted molar refractivity (Wildman–Crippen MR) is 100 cm³/mol. The number of Topliss-reactive ketones (excluding diaryl/α,β-unsaturated/α-hetero) is 1. The van der Waals surface area contributed by atoms with Gasteiger partial charge < -0.3 is 14.8 Å². The summed E-state index contributed by atoms with van der Waals surface area (Å²) in [6.45, 7) is -0.0564. The number of hydrogen-bond acceptors (Lipinski definition) is 7. The van der Waals surface area contributed by atoms with Crippen LogP contribution in [0.2, 0.25) is 0 Å². The SMILES string of the molecule is O=C(CNC(=O)Cc1ccccc1)CSc1nnc(-c2ccccc2O)o1. The number of phenols is 1. The summed E-state index contributed by atoms with van der Waals surface area (Å²) in [5.41, 5.74) is 1.32. The summed E-state index contributed by atoms with van der Waals surface area (Å²) in [5.74, 6) is -0.0642. The van der Waals surface area contributed by atoms with E-state index in [0.29, 0.717) is 5.56 Å². The molecule has 1 amide bonds. The van der Waals surface area contributed by atoms with E-state index in [0.717, 1.165) is 17.3 Å². The van der Waals surface area contributed by atoms with Gasteiger partial charge in [0.05, 0.1) is 24.3 Å². The Morgan fingerprint density at radius 3 is 2.56 bits per heavy atom.